The summed E-state index contributed by atoms with van der Waals surface area (Å²) in [4.78, 5) is 4.36. The van der Waals surface area contributed by atoms with Crippen LogP contribution in [0.15, 0.2) is 42.6 Å². The molecule has 1 aromatic carbocycles. The predicted octanol–water partition coefficient (Wildman–Crippen LogP) is 2.79. The van der Waals surface area contributed by atoms with Crippen molar-refractivity contribution in [1.29, 1.82) is 0 Å². The maximum atomic E-state index is 13.0. The van der Waals surface area contributed by atoms with Gasteiger partial charge in [0.2, 0.25) is 5.95 Å². The highest BCUT2D eigenvalue weighted by Gasteiger charge is 2.03. The van der Waals surface area contributed by atoms with Crippen LogP contribution in [0.5, 0.6) is 0 Å². The number of benzene rings is 1. The molecule has 0 fully saturated rings. The molecular formula is C14H13FN4. The van der Waals surface area contributed by atoms with Crippen LogP contribution in [0.2, 0.25) is 0 Å². The van der Waals surface area contributed by atoms with Gasteiger partial charge in [0.25, 0.3) is 0 Å². The molecule has 0 unspecified atom stereocenters. The first-order valence-electron chi connectivity index (χ1n) is 6.02. The summed E-state index contributed by atoms with van der Waals surface area (Å²) in [5, 5.41) is 7.38. The van der Waals surface area contributed by atoms with E-state index in [2.05, 4.69) is 15.4 Å². The van der Waals surface area contributed by atoms with Crippen LogP contribution in [0, 0.1) is 12.7 Å². The molecule has 0 radical (unpaired) electrons. The van der Waals surface area contributed by atoms with Crippen LogP contribution in [-0.4, -0.2) is 14.6 Å². The maximum Gasteiger partial charge on any atom is 0.243 e. The lowest BCUT2D eigenvalue weighted by atomic mass is 10.2. The predicted molar refractivity (Wildman–Crippen MR) is 71.5 cm³/mol. The van der Waals surface area contributed by atoms with E-state index >= 15 is 0 Å². The third-order valence-electron chi connectivity index (χ3n) is 2.83. The van der Waals surface area contributed by atoms with Crippen LogP contribution < -0.4 is 5.32 Å². The highest BCUT2D eigenvalue weighted by Crippen LogP contribution is 2.09. The van der Waals surface area contributed by atoms with Crippen LogP contribution >= 0.6 is 0 Å². The number of fused-ring (bicyclic) bond motifs is 1. The molecule has 2 aromatic heterocycles. The molecule has 19 heavy (non-hydrogen) atoms. The first-order chi connectivity index (χ1) is 9.20. The van der Waals surface area contributed by atoms with Gasteiger partial charge in [-0.05, 0) is 42.3 Å². The second-order valence-electron chi connectivity index (χ2n) is 4.43. The summed E-state index contributed by atoms with van der Waals surface area (Å²) in [6.07, 6.45) is 1.87. The van der Waals surface area contributed by atoms with Crippen LogP contribution in [0.25, 0.3) is 5.65 Å². The number of rotatable bonds is 3. The van der Waals surface area contributed by atoms with Gasteiger partial charge in [-0.25, -0.2) is 8.91 Å². The van der Waals surface area contributed by atoms with Crippen molar-refractivity contribution in [2.75, 3.05) is 5.32 Å². The smallest absolute Gasteiger partial charge is 0.243 e. The molecule has 3 rings (SSSR count). The molecule has 3 aromatic rings. The van der Waals surface area contributed by atoms with Crippen molar-refractivity contribution < 1.29 is 4.39 Å². The lowest BCUT2D eigenvalue weighted by Gasteiger charge is -2.01. The monoisotopic (exact) mass is 256 g/mol. The van der Waals surface area contributed by atoms with Gasteiger partial charge in [-0.1, -0.05) is 12.1 Å². The van der Waals surface area contributed by atoms with Gasteiger partial charge in [0.15, 0.2) is 5.65 Å². The SMILES string of the molecule is Cc1ccn2nc(NCc3cccc(F)c3)nc2c1. The van der Waals surface area contributed by atoms with Crippen LogP contribution in [-0.2, 0) is 6.54 Å². The molecule has 0 aliphatic heterocycles. The third-order valence-corrected chi connectivity index (χ3v) is 2.83. The second kappa shape index (κ2) is 4.68. The van der Waals surface area contributed by atoms with E-state index in [9.17, 15) is 4.39 Å². The Bertz CT molecular complexity index is 720. The summed E-state index contributed by atoms with van der Waals surface area (Å²) in [7, 11) is 0. The molecule has 96 valence electrons. The average Bonchev–Trinajstić information content (AvgIpc) is 2.78. The van der Waals surface area contributed by atoms with Crippen LogP contribution in [0.1, 0.15) is 11.1 Å². The van der Waals surface area contributed by atoms with E-state index in [0.29, 0.717) is 12.5 Å². The molecule has 0 aliphatic carbocycles. The fraction of sp³-hybridized carbons (Fsp3) is 0.143. The van der Waals surface area contributed by atoms with E-state index in [1.165, 1.54) is 12.1 Å². The van der Waals surface area contributed by atoms with Crippen molar-refractivity contribution in [3.05, 3.63) is 59.5 Å². The summed E-state index contributed by atoms with van der Waals surface area (Å²) in [6.45, 7) is 2.50. The topological polar surface area (TPSA) is 42.2 Å². The fourth-order valence-corrected chi connectivity index (χ4v) is 1.89. The standard InChI is InChI=1S/C14H13FN4/c1-10-5-6-19-13(7-10)17-14(18-19)16-9-11-3-2-4-12(15)8-11/h2-8H,9H2,1H3,(H,16,18). The average molecular weight is 256 g/mol. The fourth-order valence-electron chi connectivity index (χ4n) is 1.89. The minimum atomic E-state index is -0.238. The Morgan fingerprint density at radius 3 is 3.00 bits per heavy atom. The number of hydrogen-bond acceptors (Lipinski definition) is 3. The molecule has 4 nitrogen and oxygen atoms in total. The number of aryl methyl sites for hydroxylation is 1. The summed E-state index contributed by atoms with van der Waals surface area (Å²) in [6, 6.07) is 10.4. The van der Waals surface area contributed by atoms with Crippen molar-refractivity contribution in [1.82, 2.24) is 14.6 Å². The normalized spacial score (nSPS) is 10.8. The van der Waals surface area contributed by atoms with Crippen molar-refractivity contribution >= 4 is 11.6 Å². The molecule has 0 atom stereocenters. The van der Waals surface area contributed by atoms with Crippen molar-refractivity contribution in [2.45, 2.75) is 13.5 Å². The van der Waals surface area contributed by atoms with E-state index in [0.717, 1.165) is 16.8 Å². The summed E-state index contributed by atoms with van der Waals surface area (Å²) in [5.74, 6) is 0.299. The summed E-state index contributed by atoms with van der Waals surface area (Å²) >= 11 is 0. The number of nitrogens with one attached hydrogen (secondary N) is 1. The molecule has 0 amide bonds. The Kier molecular flexibility index (Phi) is 2.87. The van der Waals surface area contributed by atoms with E-state index in [-0.39, 0.29) is 5.82 Å². The molecule has 2 heterocycles. The van der Waals surface area contributed by atoms with Gasteiger partial charge in [0.1, 0.15) is 5.82 Å². The summed E-state index contributed by atoms with van der Waals surface area (Å²) in [5.41, 5.74) is 2.79. The zero-order valence-corrected chi connectivity index (χ0v) is 10.5. The molecule has 5 heteroatoms. The number of anilines is 1. The Balaban J connectivity index is 1.78. The Hall–Kier alpha value is -2.43. The number of halogens is 1. The zero-order chi connectivity index (χ0) is 13.2. The van der Waals surface area contributed by atoms with Crippen LogP contribution in [0.3, 0.4) is 0 Å². The van der Waals surface area contributed by atoms with Gasteiger partial charge in [0, 0.05) is 12.7 Å². The molecule has 0 saturated heterocycles. The second-order valence-corrected chi connectivity index (χ2v) is 4.43. The molecule has 0 bridgehead atoms. The largest absolute Gasteiger partial charge is 0.349 e. The first-order valence-corrected chi connectivity index (χ1v) is 6.02. The van der Waals surface area contributed by atoms with E-state index in [1.54, 1.807) is 10.6 Å². The number of pyridine rings is 1. The molecule has 0 spiro atoms. The molecular weight excluding hydrogens is 243 g/mol. The van der Waals surface area contributed by atoms with Gasteiger partial charge in [0.05, 0.1) is 0 Å². The highest BCUT2D eigenvalue weighted by atomic mass is 19.1. The van der Waals surface area contributed by atoms with Gasteiger partial charge >= 0.3 is 0 Å². The van der Waals surface area contributed by atoms with Crippen LogP contribution in [0.4, 0.5) is 10.3 Å². The number of hydrogen-bond donors (Lipinski definition) is 1. The Morgan fingerprint density at radius 1 is 1.26 bits per heavy atom. The minimum Gasteiger partial charge on any atom is -0.349 e. The van der Waals surface area contributed by atoms with Crippen molar-refractivity contribution in [3.63, 3.8) is 0 Å². The van der Waals surface area contributed by atoms with Gasteiger partial charge in [-0.3, -0.25) is 0 Å². The maximum absolute atomic E-state index is 13.0. The Morgan fingerprint density at radius 2 is 2.16 bits per heavy atom. The number of nitrogens with zero attached hydrogens (tertiary/aromatic N) is 3. The first kappa shape index (κ1) is 11.6. The lowest BCUT2D eigenvalue weighted by molar-refractivity contribution is 0.626. The van der Waals surface area contributed by atoms with Crippen molar-refractivity contribution in [2.24, 2.45) is 0 Å². The van der Waals surface area contributed by atoms with Gasteiger partial charge < -0.3 is 5.32 Å². The highest BCUT2D eigenvalue weighted by molar-refractivity contribution is 5.45. The molecule has 1 N–H and O–H groups in total. The quantitative estimate of drug-likeness (QED) is 0.783. The number of aromatic nitrogens is 3. The summed E-state index contributed by atoms with van der Waals surface area (Å²) < 4.78 is 14.8. The lowest BCUT2D eigenvalue weighted by Crippen LogP contribution is -2.01. The third kappa shape index (κ3) is 2.54. The van der Waals surface area contributed by atoms with E-state index in [1.807, 2.05) is 31.3 Å². The zero-order valence-electron chi connectivity index (χ0n) is 10.5. The van der Waals surface area contributed by atoms with Crippen molar-refractivity contribution in [3.8, 4) is 0 Å². The van der Waals surface area contributed by atoms with Gasteiger partial charge in [-0.15, -0.1) is 5.10 Å². The van der Waals surface area contributed by atoms with E-state index in [4.69, 9.17) is 0 Å². The molecule has 0 aliphatic rings. The molecule has 0 saturated carbocycles. The van der Waals surface area contributed by atoms with E-state index < -0.39 is 0 Å². The minimum absolute atomic E-state index is 0.238. The Labute approximate surface area is 109 Å². The van der Waals surface area contributed by atoms with Gasteiger partial charge in [-0.2, -0.15) is 4.98 Å².